The number of benzene rings is 2. The minimum absolute atomic E-state index is 0.0906. The van der Waals surface area contributed by atoms with Gasteiger partial charge >= 0.3 is 6.09 Å². The summed E-state index contributed by atoms with van der Waals surface area (Å²) in [5.41, 5.74) is 2.25. The maximum absolute atomic E-state index is 14.1. The van der Waals surface area contributed by atoms with Crippen molar-refractivity contribution in [2.75, 3.05) is 11.9 Å². The molecule has 2 rings (SSSR count). The number of alkyl carbamates (subject to hydrolysis) is 1. The van der Waals surface area contributed by atoms with Crippen molar-refractivity contribution in [3.63, 3.8) is 0 Å². The van der Waals surface area contributed by atoms with E-state index in [1.54, 1.807) is 39.0 Å². The lowest BCUT2D eigenvalue weighted by Crippen LogP contribution is -2.52. The summed E-state index contributed by atoms with van der Waals surface area (Å²) in [6.45, 7) is 18.9. The number of aryl methyl sites for hydroxylation is 1. The quantitative estimate of drug-likeness (QED) is 0.343. The fourth-order valence-electron chi connectivity index (χ4n) is 4.05. The highest BCUT2D eigenvalue weighted by Crippen LogP contribution is 2.27. The van der Waals surface area contributed by atoms with Crippen LogP contribution in [-0.4, -0.2) is 41.0 Å². The Bertz CT molecular complexity index is 1150. The molecule has 38 heavy (non-hydrogen) atoms. The number of nitrogens with zero attached hydrogens (tertiary/aromatic N) is 1. The maximum Gasteiger partial charge on any atom is 0.408 e. The van der Waals surface area contributed by atoms with Crippen LogP contribution in [0.4, 0.5) is 10.5 Å². The highest BCUT2D eigenvalue weighted by Gasteiger charge is 2.36. The van der Waals surface area contributed by atoms with E-state index >= 15 is 0 Å². The number of carbonyl (C=O) groups excluding carboxylic acids is 3. The molecular formula is C31H41N3O4. The number of ether oxygens (including phenoxy) is 1. The number of para-hydroxylation sites is 1. The Labute approximate surface area is 227 Å². The topological polar surface area (TPSA) is 87.7 Å². The Kier molecular flexibility index (Phi) is 10.9. The first kappa shape index (κ1) is 30.4. The van der Waals surface area contributed by atoms with Gasteiger partial charge in [-0.2, -0.15) is 0 Å². The van der Waals surface area contributed by atoms with Crippen molar-refractivity contribution in [2.45, 2.75) is 65.6 Å². The van der Waals surface area contributed by atoms with Gasteiger partial charge in [0, 0.05) is 12.2 Å². The van der Waals surface area contributed by atoms with Crippen molar-refractivity contribution < 1.29 is 19.1 Å². The summed E-state index contributed by atoms with van der Waals surface area (Å²) in [5, 5.41) is 5.72. The van der Waals surface area contributed by atoms with E-state index in [1.807, 2.05) is 63.2 Å². The Balaban J connectivity index is 2.55. The molecule has 0 saturated heterocycles. The summed E-state index contributed by atoms with van der Waals surface area (Å²) >= 11 is 0. The minimum Gasteiger partial charge on any atom is -0.444 e. The van der Waals surface area contributed by atoms with Crippen LogP contribution < -0.4 is 10.6 Å². The van der Waals surface area contributed by atoms with Crippen LogP contribution in [-0.2, 0) is 14.3 Å². The zero-order valence-electron chi connectivity index (χ0n) is 23.4. The summed E-state index contributed by atoms with van der Waals surface area (Å²) in [7, 11) is 0. The smallest absolute Gasteiger partial charge is 0.408 e. The van der Waals surface area contributed by atoms with Gasteiger partial charge in [-0.3, -0.25) is 9.59 Å². The lowest BCUT2D eigenvalue weighted by Gasteiger charge is -2.34. The second kappa shape index (κ2) is 13.6. The SMILES string of the molecule is C=CCN(C(=O)C(CC(C)C)NC(=O)OC(C)(C)C)C(C(=O)Nc1ccccc1C)c1cccc(C=C)c1. The highest BCUT2D eigenvalue weighted by molar-refractivity contribution is 5.99. The lowest BCUT2D eigenvalue weighted by molar-refractivity contribution is -0.140. The van der Waals surface area contributed by atoms with Gasteiger partial charge in [-0.15, -0.1) is 6.58 Å². The van der Waals surface area contributed by atoms with Gasteiger partial charge < -0.3 is 20.3 Å². The molecule has 0 aliphatic heterocycles. The monoisotopic (exact) mass is 519 g/mol. The van der Waals surface area contributed by atoms with Crippen molar-refractivity contribution in [2.24, 2.45) is 5.92 Å². The molecule has 2 aromatic carbocycles. The van der Waals surface area contributed by atoms with Crippen molar-refractivity contribution >= 4 is 29.7 Å². The van der Waals surface area contributed by atoms with Crippen LogP contribution in [0.15, 0.2) is 67.8 Å². The second-order valence-corrected chi connectivity index (χ2v) is 10.7. The van der Waals surface area contributed by atoms with Crippen LogP contribution in [0.5, 0.6) is 0 Å². The standard InChI is InChI=1S/C31H41N3O4/c1-9-18-34(29(36)26(19-21(3)4)33-30(37)38-31(6,7)8)27(24-16-13-15-23(10-2)20-24)28(35)32-25-17-12-11-14-22(25)5/h9-17,20-21,26-27H,1-2,18-19H2,3-8H3,(H,32,35)(H,33,37). The lowest BCUT2D eigenvalue weighted by atomic mass is 9.98. The molecule has 2 unspecified atom stereocenters. The number of hydrogen-bond donors (Lipinski definition) is 2. The Morgan fingerprint density at radius 3 is 2.32 bits per heavy atom. The summed E-state index contributed by atoms with van der Waals surface area (Å²) in [6.07, 6.45) is 2.93. The number of anilines is 1. The predicted octanol–water partition coefficient (Wildman–Crippen LogP) is 6.27. The molecule has 0 fully saturated rings. The Morgan fingerprint density at radius 1 is 1.05 bits per heavy atom. The van der Waals surface area contributed by atoms with Gasteiger partial charge in [0.2, 0.25) is 5.91 Å². The van der Waals surface area contributed by atoms with E-state index in [4.69, 9.17) is 4.74 Å². The van der Waals surface area contributed by atoms with E-state index in [-0.39, 0.29) is 18.4 Å². The molecule has 0 aliphatic rings. The summed E-state index contributed by atoms with van der Waals surface area (Å²) in [4.78, 5) is 42.0. The largest absolute Gasteiger partial charge is 0.444 e. The zero-order valence-corrected chi connectivity index (χ0v) is 23.4. The molecule has 0 saturated carbocycles. The van der Waals surface area contributed by atoms with Gasteiger partial charge in [-0.1, -0.05) is 69.0 Å². The average Bonchev–Trinajstić information content (AvgIpc) is 2.83. The van der Waals surface area contributed by atoms with Crippen LogP contribution >= 0.6 is 0 Å². The molecule has 7 nitrogen and oxygen atoms in total. The summed E-state index contributed by atoms with van der Waals surface area (Å²) in [5.74, 6) is -0.692. The Hall–Kier alpha value is -3.87. The number of hydrogen-bond acceptors (Lipinski definition) is 4. The third-order valence-electron chi connectivity index (χ3n) is 5.73. The molecule has 0 aliphatic carbocycles. The second-order valence-electron chi connectivity index (χ2n) is 10.7. The van der Waals surface area contributed by atoms with E-state index < -0.39 is 29.7 Å². The van der Waals surface area contributed by atoms with Crippen molar-refractivity contribution in [3.05, 3.63) is 84.5 Å². The molecule has 0 bridgehead atoms. The highest BCUT2D eigenvalue weighted by atomic mass is 16.6. The van der Waals surface area contributed by atoms with E-state index in [9.17, 15) is 14.4 Å². The van der Waals surface area contributed by atoms with Gasteiger partial charge in [0.05, 0.1) is 0 Å². The number of nitrogens with one attached hydrogen (secondary N) is 2. The number of rotatable bonds is 11. The summed E-state index contributed by atoms with van der Waals surface area (Å²) < 4.78 is 5.42. The van der Waals surface area contributed by atoms with Gasteiger partial charge in [0.15, 0.2) is 0 Å². The molecule has 7 heteroatoms. The van der Waals surface area contributed by atoms with Gasteiger partial charge in [-0.05, 0) is 68.9 Å². The molecule has 2 aromatic rings. The molecule has 2 N–H and O–H groups in total. The molecule has 204 valence electrons. The van der Waals surface area contributed by atoms with Crippen LogP contribution in [0.25, 0.3) is 6.08 Å². The minimum atomic E-state index is -0.991. The number of amides is 3. The normalized spacial score (nSPS) is 12.7. The molecular weight excluding hydrogens is 478 g/mol. The molecule has 0 heterocycles. The first-order valence-electron chi connectivity index (χ1n) is 12.9. The summed E-state index contributed by atoms with van der Waals surface area (Å²) in [6, 6.07) is 12.9. The maximum atomic E-state index is 14.1. The van der Waals surface area contributed by atoms with Crippen molar-refractivity contribution in [1.82, 2.24) is 10.2 Å². The molecule has 2 atom stereocenters. The van der Waals surface area contributed by atoms with Crippen LogP contribution in [0.1, 0.15) is 63.8 Å². The fourth-order valence-corrected chi connectivity index (χ4v) is 4.05. The van der Waals surface area contributed by atoms with Gasteiger partial charge in [0.25, 0.3) is 5.91 Å². The van der Waals surface area contributed by atoms with E-state index in [2.05, 4.69) is 23.8 Å². The molecule has 3 amide bonds. The van der Waals surface area contributed by atoms with Gasteiger partial charge in [-0.25, -0.2) is 4.79 Å². The zero-order chi connectivity index (χ0) is 28.5. The molecule has 0 aromatic heterocycles. The van der Waals surface area contributed by atoms with Gasteiger partial charge in [0.1, 0.15) is 17.7 Å². The van der Waals surface area contributed by atoms with E-state index in [0.29, 0.717) is 17.7 Å². The van der Waals surface area contributed by atoms with E-state index in [0.717, 1.165) is 11.1 Å². The van der Waals surface area contributed by atoms with Crippen LogP contribution in [0.2, 0.25) is 0 Å². The Morgan fingerprint density at radius 2 is 1.74 bits per heavy atom. The van der Waals surface area contributed by atoms with Crippen LogP contribution in [0.3, 0.4) is 0 Å². The first-order chi connectivity index (χ1) is 17.9. The predicted molar refractivity (Wildman–Crippen MR) is 154 cm³/mol. The molecule has 0 radical (unpaired) electrons. The average molecular weight is 520 g/mol. The number of carbonyl (C=O) groups is 3. The fraction of sp³-hybridized carbons (Fsp3) is 0.387. The first-order valence-corrected chi connectivity index (χ1v) is 12.9. The van der Waals surface area contributed by atoms with Crippen molar-refractivity contribution in [1.29, 1.82) is 0 Å². The third kappa shape index (κ3) is 8.91. The van der Waals surface area contributed by atoms with E-state index in [1.165, 1.54) is 4.90 Å². The molecule has 0 spiro atoms. The third-order valence-corrected chi connectivity index (χ3v) is 5.73. The van der Waals surface area contributed by atoms with Crippen molar-refractivity contribution in [3.8, 4) is 0 Å². The van der Waals surface area contributed by atoms with Crippen LogP contribution in [0, 0.1) is 12.8 Å².